The number of anilines is 1. The standard InChI is InChI=1S/C26H29FN4O3/c1-18-8-5-6-13-22(18)24(25(33)29-20-10-3-2-4-11-20)31(21-12-7-9-19(27)16-21)23(32)17-30-15-14-28-26(30)34/h5-9,12-16,20,24H,2-4,10-11,17H2,1H3,(H,28,34)(H,29,33). The van der Waals surface area contributed by atoms with Crippen LogP contribution >= 0.6 is 0 Å². The Balaban J connectivity index is 1.78. The molecule has 2 aromatic carbocycles. The predicted molar refractivity (Wildman–Crippen MR) is 128 cm³/mol. The van der Waals surface area contributed by atoms with Gasteiger partial charge < -0.3 is 10.3 Å². The number of benzene rings is 2. The van der Waals surface area contributed by atoms with Gasteiger partial charge in [0.15, 0.2) is 0 Å². The fourth-order valence-electron chi connectivity index (χ4n) is 4.58. The Labute approximate surface area is 197 Å². The van der Waals surface area contributed by atoms with Gasteiger partial charge in [-0.05, 0) is 49.1 Å². The molecule has 2 amide bonds. The first-order chi connectivity index (χ1) is 16.4. The monoisotopic (exact) mass is 464 g/mol. The summed E-state index contributed by atoms with van der Waals surface area (Å²) in [6.07, 6.45) is 7.92. The normalized spacial score (nSPS) is 15.0. The lowest BCUT2D eigenvalue weighted by molar-refractivity contribution is -0.127. The molecule has 0 bridgehead atoms. The maximum absolute atomic E-state index is 14.3. The first-order valence-electron chi connectivity index (χ1n) is 11.6. The highest BCUT2D eigenvalue weighted by Gasteiger charge is 2.35. The van der Waals surface area contributed by atoms with Crippen LogP contribution in [0, 0.1) is 12.7 Å². The van der Waals surface area contributed by atoms with E-state index in [2.05, 4.69) is 10.3 Å². The summed E-state index contributed by atoms with van der Waals surface area (Å²) in [6.45, 7) is 1.58. The summed E-state index contributed by atoms with van der Waals surface area (Å²) >= 11 is 0. The Hall–Kier alpha value is -3.68. The zero-order valence-electron chi connectivity index (χ0n) is 19.2. The molecule has 1 unspecified atom stereocenters. The molecule has 0 spiro atoms. The number of aromatic amines is 1. The van der Waals surface area contributed by atoms with Crippen LogP contribution in [-0.2, 0) is 16.1 Å². The van der Waals surface area contributed by atoms with Crippen molar-refractivity contribution in [3.8, 4) is 0 Å². The predicted octanol–water partition coefficient (Wildman–Crippen LogP) is 3.85. The summed E-state index contributed by atoms with van der Waals surface area (Å²) < 4.78 is 15.5. The van der Waals surface area contributed by atoms with Gasteiger partial charge in [0.1, 0.15) is 18.4 Å². The van der Waals surface area contributed by atoms with Crippen LogP contribution in [0.15, 0.2) is 65.7 Å². The van der Waals surface area contributed by atoms with E-state index < -0.39 is 23.5 Å². The van der Waals surface area contributed by atoms with Crippen molar-refractivity contribution in [1.29, 1.82) is 0 Å². The molecule has 1 saturated carbocycles. The van der Waals surface area contributed by atoms with Crippen molar-refractivity contribution in [1.82, 2.24) is 14.9 Å². The van der Waals surface area contributed by atoms with Crippen molar-refractivity contribution in [2.24, 2.45) is 0 Å². The third-order valence-electron chi connectivity index (χ3n) is 6.32. The van der Waals surface area contributed by atoms with Gasteiger partial charge in [-0.3, -0.25) is 19.1 Å². The molecule has 34 heavy (non-hydrogen) atoms. The molecular weight excluding hydrogens is 435 g/mol. The zero-order valence-corrected chi connectivity index (χ0v) is 19.2. The SMILES string of the molecule is Cc1ccccc1C(C(=O)NC1CCCCC1)N(C(=O)Cn1cc[nH]c1=O)c1cccc(F)c1. The molecule has 1 atom stereocenters. The van der Waals surface area contributed by atoms with Crippen molar-refractivity contribution in [3.63, 3.8) is 0 Å². The quantitative estimate of drug-likeness (QED) is 0.557. The van der Waals surface area contributed by atoms with E-state index in [1.165, 1.54) is 40.1 Å². The van der Waals surface area contributed by atoms with Gasteiger partial charge in [-0.25, -0.2) is 9.18 Å². The van der Waals surface area contributed by atoms with E-state index in [0.29, 0.717) is 5.56 Å². The molecule has 2 N–H and O–H groups in total. The van der Waals surface area contributed by atoms with Crippen molar-refractivity contribution >= 4 is 17.5 Å². The summed E-state index contributed by atoms with van der Waals surface area (Å²) in [6, 6.07) is 12.0. The second-order valence-corrected chi connectivity index (χ2v) is 8.74. The average molecular weight is 465 g/mol. The fraction of sp³-hybridized carbons (Fsp3) is 0.346. The van der Waals surface area contributed by atoms with Crippen LogP contribution in [0.2, 0.25) is 0 Å². The highest BCUT2D eigenvalue weighted by atomic mass is 19.1. The number of carbonyl (C=O) groups excluding carboxylic acids is 2. The minimum atomic E-state index is -1.02. The Morgan fingerprint density at radius 2 is 1.91 bits per heavy atom. The van der Waals surface area contributed by atoms with Gasteiger partial charge in [0, 0.05) is 24.1 Å². The molecule has 3 aromatic rings. The van der Waals surface area contributed by atoms with E-state index >= 15 is 0 Å². The topological polar surface area (TPSA) is 87.2 Å². The molecule has 1 aliphatic carbocycles. The van der Waals surface area contributed by atoms with Crippen LogP contribution in [0.3, 0.4) is 0 Å². The maximum atomic E-state index is 14.3. The van der Waals surface area contributed by atoms with Crippen molar-refractivity contribution < 1.29 is 14.0 Å². The van der Waals surface area contributed by atoms with E-state index in [9.17, 15) is 18.8 Å². The Morgan fingerprint density at radius 3 is 2.59 bits per heavy atom. The molecule has 0 saturated heterocycles. The molecule has 7 nitrogen and oxygen atoms in total. The minimum Gasteiger partial charge on any atom is -0.351 e. The summed E-state index contributed by atoms with van der Waals surface area (Å²) in [5.41, 5.74) is 1.29. The zero-order chi connectivity index (χ0) is 24.1. The maximum Gasteiger partial charge on any atom is 0.325 e. The first kappa shape index (κ1) is 23.5. The second-order valence-electron chi connectivity index (χ2n) is 8.74. The second kappa shape index (κ2) is 10.5. The van der Waals surface area contributed by atoms with Crippen LogP contribution in [0.5, 0.6) is 0 Å². The number of hydrogen-bond donors (Lipinski definition) is 2. The Morgan fingerprint density at radius 1 is 1.15 bits per heavy atom. The van der Waals surface area contributed by atoms with Gasteiger partial charge in [0.05, 0.1) is 0 Å². The van der Waals surface area contributed by atoms with Gasteiger partial charge in [0.2, 0.25) is 11.8 Å². The number of aryl methyl sites for hydroxylation is 1. The van der Waals surface area contributed by atoms with Gasteiger partial charge >= 0.3 is 5.69 Å². The molecular formula is C26H29FN4O3. The molecule has 1 aliphatic rings. The summed E-state index contributed by atoms with van der Waals surface area (Å²) in [5.74, 6) is -1.34. The molecule has 8 heteroatoms. The Bertz CT molecular complexity index is 1210. The van der Waals surface area contributed by atoms with Crippen LogP contribution in [-0.4, -0.2) is 27.4 Å². The molecule has 178 valence electrons. The van der Waals surface area contributed by atoms with Crippen LogP contribution in [0.4, 0.5) is 10.1 Å². The number of amides is 2. The fourth-order valence-corrected chi connectivity index (χ4v) is 4.58. The summed E-state index contributed by atoms with van der Waals surface area (Å²) in [7, 11) is 0. The lowest BCUT2D eigenvalue weighted by Crippen LogP contribution is -2.48. The molecule has 1 heterocycles. The number of halogens is 1. The molecule has 4 rings (SSSR count). The number of aromatic nitrogens is 2. The molecule has 0 radical (unpaired) electrons. The number of rotatable bonds is 7. The lowest BCUT2D eigenvalue weighted by Gasteiger charge is -2.34. The highest BCUT2D eigenvalue weighted by Crippen LogP contribution is 2.31. The van der Waals surface area contributed by atoms with Crippen molar-refractivity contribution in [2.75, 3.05) is 4.90 Å². The summed E-state index contributed by atoms with van der Waals surface area (Å²) in [4.78, 5) is 43.3. The van der Waals surface area contributed by atoms with Gasteiger partial charge in [-0.2, -0.15) is 0 Å². The van der Waals surface area contributed by atoms with Gasteiger partial charge in [-0.15, -0.1) is 0 Å². The molecule has 0 aliphatic heterocycles. The van der Waals surface area contributed by atoms with E-state index in [1.54, 1.807) is 6.07 Å². The number of hydrogen-bond acceptors (Lipinski definition) is 3. The number of carbonyl (C=O) groups is 2. The number of H-pyrrole nitrogens is 1. The third kappa shape index (κ3) is 5.27. The average Bonchev–Trinajstić information content (AvgIpc) is 3.22. The van der Waals surface area contributed by atoms with Gasteiger partial charge in [-0.1, -0.05) is 49.6 Å². The molecule has 1 aromatic heterocycles. The molecule has 1 fully saturated rings. The first-order valence-corrected chi connectivity index (χ1v) is 11.6. The van der Waals surface area contributed by atoms with Crippen molar-refractivity contribution in [3.05, 3.63) is 88.4 Å². The van der Waals surface area contributed by atoms with E-state index in [4.69, 9.17) is 0 Å². The summed E-state index contributed by atoms with van der Waals surface area (Å²) in [5, 5.41) is 3.13. The van der Waals surface area contributed by atoms with Crippen LogP contribution in [0.1, 0.15) is 49.3 Å². The highest BCUT2D eigenvalue weighted by molar-refractivity contribution is 6.01. The van der Waals surface area contributed by atoms with Crippen LogP contribution < -0.4 is 15.9 Å². The van der Waals surface area contributed by atoms with Crippen LogP contribution in [0.25, 0.3) is 0 Å². The van der Waals surface area contributed by atoms with E-state index in [0.717, 1.165) is 37.7 Å². The number of imidazole rings is 1. The van der Waals surface area contributed by atoms with Gasteiger partial charge in [0.25, 0.3) is 0 Å². The number of nitrogens with zero attached hydrogens (tertiary/aromatic N) is 2. The smallest absolute Gasteiger partial charge is 0.325 e. The number of nitrogens with one attached hydrogen (secondary N) is 2. The van der Waals surface area contributed by atoms with E-state index in [1.807, 2.05) is 31.2 Å². The minimum absolute atomic E-state index is 0.0320. The third-order valence-corrected chi connectivity index (χ3v) is 6.32. The Kier molecular flexibility index (Phi) is 7.25. The lowest BCUT2D eigenvalue weighted by atomic mass is 9.93. The van der Waals surface area contributed by atoms with Crippen molar-refractivity contribution in [2.45, 2.75) is 57.7 Å². The van der Waals surface area contributed by atoms with E-state index in [-0.39, 0.29) is 24.2 Å². The largest absolute Gasteiger partial charge is 0.351 e.